The molecule has 0 saturated carbocycles. The van der Waals surface area contributed by atoms with Gasteiger partial charge in [-0.2, -0.15) is 18.3 Å². The molecule has 0 bridgehead atoms. The van der Waals surface area contributed by atoms with E-state index in [1.54, 1.807) is 48.5 Å². The summed E-state index contributed by atoms with van der Waals surface area (Å²) < 4.78 is 47.8. The summed E-state index contributed by atoms with van der Waals surface area (Å²) in [4.78, 5) is 30.6. The Hall–Kier alpha value is -3.24. The Kier molecular flexibility index (Phi) is 6.46. The largest absolute Gasteiger partial charge is 0.444 e. The molecule has 190 valence electrons. The molecule has 2 aliphatic heterocycles. The second-order valence-corrected chi connectivity index (χ2v) is 10.0. The molecule has 35 heavy (non-hydrogen) atoms. The van der Waals surface area contributed by atoms with Crippen LogP contribution in [0.3, 0.4) is 0 Å². The number of likely N-dealkylation sites (tertiary alicyclic amines) is 1. The number of hydrogen-bond acceptors (Lipinski definition) is 4. The Morgan fingerprint density at radius 3 is 2.43 bits per heavy atom. The predicted octanol–water partition coefficient (Wildman–Crippen LogP) is 4.78. The highest BCUT2D eigenvalue weighted by Gasteiger charge is 2.40. The van der Waals surface area contributed by atoms with Crippen molar-refractivity contribution in [1.82, 2.24) is 19.6 Å². The summed E-state index contributed by atoms with van der Waals surface area (Å²) in [6.45, 7) is 6.35. The number of carbonyl (C=O) groups excluding carboxylic acids is 2. The highest BCUT2D eigenvalue weighted by molar-refractivity contribution is 5.94. The maximum absolute atomic E-state index is 13.6. The summed E-state index contributed by atoms with van der Waals surface area (Å²) in [5, 5.41) is 4.36. The van der Waals surface area contributed by atoms with Crippen LogP contribution in [0.2, 0.25) is 0 Å². The number of hydrogen-bond donors (Lipinski definition) is 0. The Labute approximate surface area is 202 Å². The third-order valence-corrected chi connectivity index (χ3v) is 6.16. The molecule has 1 fully saturated rings. The number of aromatic nitrogens is 2. The van der Waals surface area contributed by atoms with Gasteiger partial charge in [0.25, 0.3) is 0 Å². The number of alkyl halides is 3. The van der Waals surface area contributed by atoms with Crippen LogP contribution < -0.4 is 4.90 Å². The van der Waals surface area contributed by atoms with Gasteiger partial charge in [0, 0.05) is 37.9 Å². The van der Waals surface area contributed by atoms with E-state index in [1.165, 1.54) is 23.1 Å². The van der Waals surface area contributed by atoms with Gasteiger partial charge in [0.2, 0.25) is 0 Å². The summed E-state index contributed by atoms with van der Waals surface area (Å²) >= 11 is 0. The highest BCUT2D eigenvalue weighted by atomic mass is 19.4. The number of fused-ring (bicyclic) bond motifs is 1. The summed E-state index contributed by atoms with van der Waals surface area (Å²) in [6.07, 6.45) is -2.04. The minimum Gasteiger partial charge on any atom is -0.444 e. The molecule has 4 rings (SSSR count). The van der Waals surface area contributed by atoms with Crippen LogP contribution in [-0.4, -0.2) is 56.4 Å². The molecule has 2 aromatic rings. The number of carbonyl (C=O) groups is 2. The average molecular weight is 494 g/mol. The Bertz CT molecular complexity index is 1100. The van der Waals surface area contributed by atoms with Gasteiger partial charge in [0.05, 0.1) is 18.7 Å². The van der Waals surface area contributed by atoms with Gasteiger partial charge in [-0.15, -0.1) is 0 Å². The van der Waals surface area contributed by atoms with Gasteiger partial charge in [0.15, 0.2) is 5.82 Å². The van der Waals surface area contributed by atoms with Crippen molar-refractivity contribution < 1.29 is 27.5 Å². The molecular weight excluding hydrogens is 463 g/mol. The number of anilines is 1. The van der Waals surface area contributed by atoms with Crippen molar-refractivity contribution in [1.29, 1.82) is 0 Å². The van der Waals surface area contributed by atoms with Crippen LogP contribution in [-0.2, 0) is 31.1 Å². The minimum atomic E-state index is -4.53. The molecule has 1 aromatic carbocycles. The lowest BCUT2D eigenvalue weighted by Gasteiger charge is -2.42. The molecule has 0 atom stereocenters. The molecular formula is C24H30F3N5O3. The van der Waals surface area contributed by atoms with Crippen molar-refractivity contribution in [2.75, 3.05) is 18.0 Å². The Morgan fingerprint density at radius 1 is 1.14 bits per heavy atom. The number of nitrogens with zero attached hydrogens (tertiary/aromatic N) is 5. The zero-order valence-corrected chi connectivity index (χ0v) is 20.3. The van der Waals surface area contributed by atoms with Crippen molar-refractivity contribution in [2.24, 2.45) is 7.05 Å². The van der Waals surface area contributed by atoms with Gasteiger partial charge in [-0.25, -0.2) is 9.59 Å². The average Bonchev–Trinajstić information content (AvgIpc) is 3.14. The van der Waals surface area contributed by atoms with Crippen LogP contribution in [0.25, 0.3) is 0 Å². The summed E-state index contributed by atoms with van der Waals surface area (Å²) in [7, 11) is 1.72. The molecule has 3 amide bonds. The molecule has 8 nitrogen and oxygen atoms in total. The minimum absolute atomic E-state index is 0.00606. The van der Waals surface area contributed by atoms with Crippen molar-refractivity contribution in [3.63, 3.8) is 0 Å². The number of aryl methyl sites for hydroxylation is 1. The lowest BCUT2D eigenvalue weighted by Crippen LogP contribution is -2.54. The standard InChI is InChI=1S/C24H30F3N5O3/c1-23(2,3)35-22(34)30-11-9-18(10-12-30)31-15-17-13-29(4)28-20(17)32(21(31)33)14-16-7-5-6-8-19(16)24(25,26)27/h5-8,13,18H,9-12,14-15H2,1-4H3. The van der Waals surface area contributed by atoms with Crippen LogP contribution in [0, 0.1) is 0 Å². The van der Waals surface area contributed by atoms with E-state index >= 15 is 0 Å². The van der Waals surface area contributed by atoms with Crippen LogP contribution >= 0.6 is 0 Å². The van der Waals surface area contributed by atoms with E-state index in [0.717, 1.165) is 11.6 Å². The SMILES string of the molecule is Cn1cc2c(n1)N(Cc1ccccc1C(F)(F)F)C(=O)N(C1CCN(C(=O)OC(C)(C)C)CC1)C2. The van der Waals surface area contributed by atoms with Crippen LogP contribution in [0.5, 0.6) is 0 Å². The lowest BCUT2D eigenvalue weighted by molar-refractivity contribution is -0.138. The zero-order valence-electron chi connectivity index (χ0n) is 20.3. The van der Waals surface area contributed by atoms with E-state index < -0.39 is 17.3 Å². The van der Waals surface area contributed by atoms with Gasteiger partial charge in [0.1, 0.15) is 5.60 Å². The second kappa shape index (κ2) is 9.09. The van der Waals surface area contributed by atoms with Crippen molar-refractivity contribution >= 4 is 17.9 Å². The third-order valence-electron chi connectivity index (χ3n) is 6.16. The van der Waals surface area contributed by atoms with Gasteiger partial charge in [-0.05, 0) is 45.2 Å². The summed E-state index contributed by atoms with van der Waals surface area (Å²) in [5.41, 5.74) is -0.591. The van der Waals surface area contributed by atoms with Gasteiger partial charge in [-0.1, -0.05) is 18.2 Å². The number of amides is 3. The topological polar surface area (TPSA) is 70.9 Å². The molecule has 0 aliphatic carbocycles. The number of ether oxygens (including phenoxy) is 1. The lowest BCUT2D eigenvalue weighted by atomic mass is 10.0. The van der Waals surface area contributed by atoms with Gasteiger partial charge >= 0.3 is 18.3 Å². The van der Waals surface area contributed by atoms with E-state index in [4.69, 9.17) is 4.74 Å². The maximum Gasteiger partial charge on any atom is 0.416 e. The van der Waals surface area contributed by atoms with Crippen molar-refractivity contribution in [3.8, 4) is 0 Å². The summed E-state index contributed by atoms with van der Waals surface area (Å²) in [5.74, 6) is 0.372. The number of urea groups is 1. The van der Waals surface area contributed by atoms with Crippen LogP contribution in [0.1, 0.15) is 50.3 Å². The molecule has 3 heterocycles. The predicted molar refractivity (Wildman–Crippen MR) is 123 cm³/mol. The van der Waals surface area contributed by atoms with Crippen LogP contribution in [0.15, 0.2) is 30.5 Å². The fourth-order valence-electron chi connectivity index (χ4n) is 4.58. The molecule has 2 aliphatic rings. The normalized spacial score (nSPS) is 17.6. The maximum atomic E-state index is 13.6. The van der Waals surface area contributed by atoms with Crippen molar-refractivity contribution in [2.45, 2.75) is 64.5 Å². The summed E-state index contributed by atoms with van der Waals surface area (Å²) in [6, 6.07) is 4.73. The van der Waals surface area contributed by atoms with Crippen molar-refractivity contribution in [3.05, 3.63) is 47.2 Å². The molecule has 0 unspecified atom stereocenters. The first-order valence-electron chi connectivity index (χ1n) is 11.6. The van der Waals surface area contributed by atoms with Gasteiger partial charge < -0.3 is 14.5 Å². The molecule has 11 heteroatoms. The monoisotopic (exact) mass is 493 g/mol. The smallest absolute Gasteiger partial charge is 0.416 e. The third kappa shape index (κ3) is 5.38. The number of rotatable bonds is 3. The molecule has 0 spiro atoms. The molecule has 1 saturated heterocycles. The Balaban J connectivity index is 1.54. The number of halogens is 3. The first-order chi connectivity index (χ1) is 16.3. The molecule has 1 aromatic heterocycles. The molecule has 0 N–H and O–H groups in total. The highest BCUT2D eigenvalue weighted by Crippen LogP contribution is 2.36. The van der Waals surface area contributed by atoms with E-state index in [9.17, 15) is 22.8 Å². The quantitative estimate of drug-likeness (QED) is 0.617. The number of piperidine rings is 1. The first kappa shape index (κ1) is 24.9. The van der Waals surface area contributed by atoms with E-state index in [0.29, 0.717) is 38.3 Å². The molecule has 0 radical (unpaired) electrons. The Morgan fingerprint density at radius 2 is 1.80 bits per heavy atom. The second-order valence-electron chi connectivity index (χ2n) is 10.0. The van der Waals surface area contributed by atoms with Crippen LogP contribution in [0.4, 0.5) is 28.6 Å². The number of benzene rings is 1. The van der Waals surface area contributed by atoms with E-state index in [1.807, 2.05) is 0 Å². The fourth-order valence-corrected chi connectivity index (χ4v) is 4.58. The fraction of sp³-hybridized carbons (Fsp3) is 0.542. The first-order valence-corrected chi connectivity index (χ1v) is 11.6. The van der Waals surface area contributed by atoms with E-state index in [2.05, 4.69) is 5.10 Å². The van der Waals surface area contributed by atoms with Gasteiger partial charge in [-0.3, -0.25) is 9.58 Å². The zero-order chi connectivity index (χ0) is 25.5. The van der Waals surface area contributed by atoms with E-state index in [-0.39, 0.29) is 30.3 Å².